The third kappa shape index (κ3) is 6.04. The molecule has 0 bridgehead atoms. The molecule has 0 saturated heterocycles. The largest absolute Gasteiger partial charge is 0.494 e. The monoisotopic (exact) mass is 360 g/mol. The zero-order valence-corrected chi connectivity index (χ0v) is 16.4. The van der Waals surface area contributed by atoms with Crippen LogP contribution in [0.15, 0.2) is 24.3 Å². The average molecular weight is 360 g/mol. The van der Waals surface area contributed by atoms with Gasteiger partial charge in [0.25, 0.3) is 0 Å². The van der Waals surface area contributed by atoms with Gasteiger partial charge in [-0.3, -0.25) is 9.59 Å². The minimum absolute atomic E-state index is 0.109. The molecule has 0 radical (unpaired) electrons. The van der Waals surface area contributed by atoms with E-state index in [4.69, 9.17) is 4.74 Å². The van der Waals surface area contributed by atoms with Gasteiger partial charge in [-0.05, 0) is 61.6 Å². The molecule has 5 heteroatoms. The van der Waals surface area contributed by atoms with Gasteiger partial charge in [0.1, 0.15) is 5.75 Å². The van der Waals surface area contributed by atoms with E-state index < -0.39 is 11.8 Å². The quantitative estimate of drug-likeness (QED) is 0.791. The molecule has 5 nitrogen and oxygen atoms in total. The molecule has 1 fully saturated rings. The maximum atomic E-state index is 12.1. The molecule has 1 aliphatic rings. The summed E-state index contributed by atoms with van der Waals surface area (Å²) in [6, 6.07) is 7.60. The second kappa shape index (κ2) is 9.06. The van der Waals surface area contributed by atoms with E-state index in [0.29, 0.717) is 24.5 Å². The number of ether oxygens (including phenoxy) is 1. The Morgan fingerprint density at radius 3 is 2.19 bits per heavy atom. The average Bonchev–Trinajstić information content (AvgIpc) is 2.60. The molecule has 0 aliphatic heterocycles. The van der Waals surface area contributed by atoms with E-state index in [1.165, 1.54) is 0 Å². The molecule has 0 atom stereocenters. The molecular formula is C21H32N2O3. The van der Waals surface area contributed by atoms with Crippen LogP contribution in [0.5, 0.6) is 5.75 Å². The van der Waals surface area contributed by atoms with Gasteiger partial charge in [-0.25, -0.2) is 0 Å². The van der Waals surface area contributed by atoms with Gasteiger partial charge in [0.15, 0.2) is 0 Å². The lowest BCUT2D eigenvalue weighted by molar-refractivity contribution is -0.139. The molecule has 2 rings (SSSR count). The maximum absolute atomic E-state index is 12.1. The number of rotatable bonds is 5. The number of nitrogens with one attached hydrogen (secondary N) is 2. The van der Waals surface area contributed by atoms with E-state index in [9.17, 15) is 9.59 Å². The molecule has 1 saturated carbocycles. The summed E-state index contributed by atoms with van der Waals surface area (Å²) in [5, 5.41) is 5.56. The number of hydrogen-bond acceptors (Lipinski definition) is 3. The highest BCUT2D eigenvalue weighted by molar-refractivity contribution is 6.35. The molecule has 1 aromatic carbocycles. The first-order chi connectivity index (χ1) is 12.3. The SMILES string of the molecule is CCOc1ccc(CNC(=O)C(=O)NC2CCC(C(C)(C)C)CC2)cc1. The molecule has 2 amide bonds. The summed E-state index contributed by atoms with van der Waals surface area (Å²) in [4.78, 5) is 24.1. The highest BCUT2D eigenvalue weighted by atomic mass is 16.5. The lowest BCUT2D eigenvalue weighted by atomic mass is 9.71. The summed E-state index contributed by atoms with van der Waals surface area (Å²) >= 11 is 0. The van der Waals surface area contributed by atoms with E-state index in [2.05, 4.69) is 31.4 Å². The summed E-state index contributed by atoms with van der Waals surface area (Å²) in [5.41, 5.74) is 1.24. The third-order valence-corrected chi connectivity index (χ3v) is 5.18. The molecule has 0 aromatic heterocycles. The second-order valence-electron chi connectivity index (χ2n) is 8.15. The summed E-state index contributed by atoms with van der Waals surface area (Å²) in [6.07, 6.45) is 4.09. The lowest BCUT2D eigenvalue weighted by Gasteiger charge is -2.37. The normalized spacial score (nSPS) is 20.3. The number of benzene rings is 1. The second-order valence-corrected chi connectivity index (χ2v) is 8.15. The van der Waals surface area contributed by atoms with Gasteiger partial charge in [0.2, 0.25) is 0 Å². The van der Waals surface area contributed by atoms with Crippen LogP contribution in [0.3, 0.4) is 0 Å². The lowest BCUT2D eigenvalue weighted by Crippen LogP contribution is -2.46. The van der Waals surface area contributed by atoms with Crippen molar-refractivity contribution in [2.75, 3.05) is 6.61 Å². The summed E-state index contributed by atoms with van der Waals surface area (Å²) in [7, 11) is 0. The van der Waals surface area contributed by atoms with Crippen molar-refractivity contribution in [1.29, 1.82) is 0 Å². The van der Waals surface area contributed by atoms with Crippen LogP contribution in [0, 0.1) is 11.3 Å². The summed E-state index contributed by atoms with van der Waals surface area (Å²) in [5.74, 6) is 0.377. The van der Waals surface area contributed by atoms with Crippen molar-refractivity contribution in [1.82, 2.24) is 10.6 Å². The Labute approximate surface area is 156 Å². The predicted octanol–water partition coefficient (Wildman–Crippen LogP) is 3.42. The third-order valence-electron chi connectivity index (χ3n) is 5.18. The Kier molecular flexibility index (Phi) is 7.06. The van der Waals surface area contributed by atoms with Crippen LogP contribution < -0.4 is 15.4 Å². The van der Waals surface area contributed by atoms with Crippen LogP contribution in [0.25, 0.3) is 0 Å². The molecular weight excluding hydrogens is 328 g/mol. The van der Waals surface area contributed by atoms with Crippen molar-refractivity contribution in [3.63, 3.8) is 0 Å². The highest BCUT2D eigenvalue weighted by Crippen LogP contribution is 2.37. The van der Waals surface area contributed by atoms with E-state index in [-0.39, 0.29) is 6.04 Å². The molecule has 0 unspecified atom stereocenters. The van der Waals surface area contributed by atoms with Crippen LogP contribution in [0.4, 0.5) is 0 Å². The topological polar surface area (TPSA) is 67.4 Å². The number of hydrogen-bond donors (Lipinski definition) is 2. The zero-order valence-electron chi connectivity index (χ0n) is 16.4. The van der Waals surface area contributed by atoms with Crippen LogP contribution >= 0.6 is 0 Å². The Bertz CT molecular complexity index is 597. The van der Waals surface area contributed by atoms with Crippen LogP contribution in [0.2, 0.25) is 0 Å². The first-order valence-electron chi connectivity index (χ1n) is 9.60. The summed E-state index contributed by atoms with van der Waals surface area (Å²) < 4.78 is 5.39. The smallest absolute Gasteiger partial charge is 0.309 e. The van der Waals surface area contributed by atoms with Crippen LogP contribution in [-0.2, 0) is 16.1 Å². The minimum atomic E-state index is -0.572. The van der Waals surface area contributed by atoms with Gasteiger partial charge < -0.3 is 15.4 Å². The summed E-state index contributed by atoms with van der Waals surface area (Å²) in [6.45, 7) is 9.69. The molecule has 1 aliphatic carbocycles. The molecule has 2 N–H and O–H groups in total. The fourth-order valence-corrected chi connectivity index (χ4v) is 3.49. The fourth-order valence-electron chi connectivity index (χ4n) is 3.49. The standard InChI is InChI=1S/C21H32N2O3/c1-5-26-18-12-6-15(7-13-18)14-22-19(24)20(25)23-17-10-8-16(9-11-17)21(2,3)4/h6-7,12-13,16-17H,5,8-11,14H2,1-4H3,(H,22,24)(H,23,25). The van der Waals surface area contributed by atoms with Crippen molar-refractivity contribution in [2.45, 2.75) is 66.0 Å². The van der Waals surface area contributed by atoms with Crippen molar-refractivity contribution in [2.24, 2.45) is 11.3 Å². The maximum Gasteiger partial charge on any atom is 0.309 e. The Balaban J connectivity index is 1.73. The van der Waals surface area contributed by atoms with Crippen molar-refractivity contribution in [3.05, 3.63) is 29.8 Å². The molecule has 1 aromatic rings. The van der Waals surface area contributed by atoms with E-state index in [1.54, 1.807) is 0 Å². The van der Waals surface area contributed by atoms with E-state index >= 15 is 0 Å². The van der Waals surface area contributed by atoms with Crippen LogP contribution in [-0.4, -0.2) is 24.5 Å². The zero-order chi connectivity index (χ0) is 19.2. The van der Waals surface area contributed by atoms with E-state index in [0.717, 1.165) is 37.0 Å². The molecule has 26 heavy (non-hydrogen) atoms. The first kappa shape index (κ1) is 20.3. The Morgan fingerprint density at radius 1 is 1.04 bits per heavy atom. The number of amides is 2. The molecule has 144 valence electrons. The van der Waals surface area contributed by atoms with Gasteiger partial charge in [-0.1, -0.05) is 32.9 Å². The van der Waals surface area contributed by atoms with Gasteiger partial charge in [0, 0.05) is 12.6 Å². The first-order valence-corrected chi connectivity index (χ1v) is 9.60. The van der Waals surface area contributed by atoms with Gasteiger partial charge in [-0.2, -0.15) is 0 Å². The van der Waals surface area contributed by atoms with Gasteiger partial charge >= 0.3 is 11.8 Å². The van der Waals surface area contributed by atoms with E-state index in [1.807, 2.05) is 31.2 Å². The number of carbonyl (C=O) groups excluding carboxylic acids is 2. The van der Waals surface area contributed by atoms with Crippen molar-refractivity contribution in [3.8, 4) is 5.75 Å². The van der Waals surface area contributed by atoms with Gasteiger partial charge in [-0.15, -0.1) is 0 Å². The predicted molar refractivity (Wildman–Crippen MR) is 103 cm³/mol. The Morgan fingerprint density at radius 2 is 1.65 bits per heavy atom. The minimum Gasteiger partial charge on any atom is -0.494 e. The van der Waals surface area contributed by atoms with Gasteiger partial charge in [0.05, 0.1) is 6.61 Å². The molecule has 0 heterocycles. The Hall–Kier alpha value is -2.04. The van der Waals surface area contributed by atoms with Crippen molar-refractivity contribution >= 4 is 11.8 Å². The number of carbonyl (C=O) groups is 2. The van der Waals surface area contributed by atoms with Crippen LogP contribution in [0.1, 0.15) is 58.9 Å². The van der Waals surface area contributed by atoms with Crippen molar-refractivity contribution < 1.29 is 14.3 Å². The highest BCUT2D eigenvalue weighted by Gasteiger charge is 2.30. The fraction of sp³-hybridized carbons (Fsp3) is 0.619. The molecule has 0 spiro atoms.